The second-order valence-electron chi connectivity index (χ2n) is 2.82. The van der Waals surface area contributed by atoms with Crippen LogP contribution in [0.2, 0.25) is 5.02 Å². The Morgan fingerprint density at radius 3 is 2.40 bits per heavy atom. The third kappa shape index (κ3) is 2.45. The highest BCUT2D eigenvalue weighted by Crippen LogP contribution is 2.26. The summed E-state index contributed by atoms with van der Waals surface area (Å²) in [5.41, 5.74) is -0.383. The van der Waals surface area contributed by atoms with Crippen molar-refractivity contribution in [2.24, 2.45) is 0 Å². The van der Waals surface area contributed by atoms with E-state index in [0.29, 0.717) is 0 Å². The van der Waals surface area contributed by atoms with Crippen LogP contribution in [0.3, 0.4) is 0 Å². The molecule has 7 heteroatoms. The third-order valence-corrected chi connectivity index (χ3v) is 3.15. The molecule has 82 valence electrons. The SMILES string of the molecule is Cc1c(Cl)cc(C(=O)O)cc1S(=O)(=O)F. The molecule has 0 bridgehead atoms. The van der Waals surface area contributed by atoms with Gasteiger partial charge in [-0.05, 0) is 24.6 Å². The molecule has 1 N–H and O–H groups in total. The number of benzene rings is 1. The number of aromatic carboxylic acids is 1. The highest BCUT2D eigenvalue weighted by molar-refractivity contribution is 7.86. The molecule has 0 amide bonds. The molecule has 15 heavy (non-hydrogen) atoms. The summed E-state index contributed by atoms with van der Waals surface area (Å²) in [5, 5.41) is 8.51. The van der Waals surface area contributed by atoms with E-state index in [4.69, 9.17) is 16.7 Å². The summed E-state index contributed by atoms with van der Waals surface area (Å²) in [5.74, 6) is -1.37. The first-order chi connectivity index (χ1) is 6.73. The maximum atomic E-state index is 12.7. The smallest absolute Gasteiger partial charge is 0.335 e. The Labute approximate surface area is 90.5 Å². The summed E-state index contributed by atoms with van der Waals surface area (Å²) in [4.78, 5) is 9.85. The molecule has 0 aliphatic carbocycles. The second kappa shape index (κ2) is 3.79. The number of hydrogen-bond donors (Lipinski definition) is 1. The lowest BCUT2D eigenvalue weighted by Gasteiger charge is -2.04. The fourth-order valence-corrected chi connectivity index (χ4v) is 2.05. The minimum Gasteiger partial charge on any atom is -0.478 e. The Hall–Kier alpha value is -1.14. The van der Waals surface area contributed by atoms with E-state index in [1.165, 1.54) is 6.92 Å². The lowest BCUT2D eigenvalue weighted by atomic mass is 10.1. The van der Waals surface area contributed by atoms with Crippen molar-refractivity contribution in [2.45, 2.75) is 11.8 Å². The van der Waals surface area contributed by atoms with E-state index in [-0.39, 0.29) is 16.1 Å². The Kier molecular flexibility index (Phi) is 3.01. The third-order valence-electron chi connectivity index (χ3n) is 1.81. The maximum absolute atomic E-state index is 12.7. The van der Waals surface area contributed by atoms with Gasteiger partial charge in [-0.25, -0.2) is 4.79 Å². The average Bonchev–Trinajstić information content (AvgIpc) is 2.06. The van der Waals surface area contributed by atoms with E-state index in [1.807, 2.05) is 0 Å². The summed E-state index contributed by atoms with van der Waals surface area (Å²) in [6.45, 7) is 1.29. The molecular formula is C8H6ClFO4S. The van der Waals surface area contributed by atoms with Gasteiger partial charge in [0.1, 0.15) is 4.90 Å². The highest BCUT2D eigenvalue weighted by Gasteiger charge is 2.20. The van der Waals surface area contributed by atoms with Gasteiger partial charge in [-0.2, -0.15) is 8.42 Å². The van der Waals surface area contributed by atoms with Gasteiger partial charge in [-0.3, -0.25) is 0 Å². The van der Waals surface area contributed by atoms with Crippen molar-refractivity contribution in [1.29, 1.82) is 0 Å². The molecule has 0 radical (unpaired) electrons. The molecule has 0 aliphatic heterocycles. The van der Waals surface area contributed by atoms with Crippen molar-refractivity contribution in [3.63, 3.8) is 0 Å². The van der Waals surface area contributed by atoms with Crippen molar-refractivity contribution in [2.75, 3.05) is 0 Å². The summed E-state index contributed by atoms with van der Waals surface area (Å²) in [6, 6.07) is 1.80. The highest BCUT2D eigenvalue weighted by atomic mass is 35.5. The molecule has 1 rings (SSSR count). The van der Waals surface area contributed by atoms with Crippen molar-refractivity contribution >= 4 is 27.8 Å². The van der Waals surface area contributed by atoms with Crippen LogP contribution in [0.4, 0.5) is 3.89 Å². The molecule has 1 aromatic carbocycles. The second-order valence-corrected chi connectivity index (χ2v) is 4.55. The van der Waals surface area contributed by atoms with Gasteiger partial charge in [0.15, 0.2) is 0 Å². The monoisotopic (exact) mass is 252 g/mol. The van der Waals surface area contributed by atoms with Gasteiger partial charge in [-0.1, -0.05) is 11.6 Å². The van der Waals surface area contributed by atoms with Crippen LogP contribution in [-0.2, 0) is 10.2 Å². The Morgan fingerprint density at radius 2 is 2.00 bits per heavy atom. The Bertz CT molecular complexity index is 524. The van der Waals surface area contributed by atoms with Gasteiger partial charge in [0, 0.05) is 5.02 Å². The van der Waals surface area contributed by atoms with Crippen molar-refractivity contribution in [3.05, 3.63) is 28.3 Å². The Morgan fingerprint density at radius 1 is 1.47 bits per heavy atom. The zero-order chi connectivity index (χ0) is 11.8. The summed E-state index contributed by atoms with van der Waals surface area (Å²) in [7, 11) is -4.96. The summed E-state index contributed by atoms with van der Waals surface area (Å²) >= 11 is 5.57. The van der Waals surface area contributed by atoms with Gasteiger partial charge in [0.2, 0.25) is 0 Å². The number of carbonyl (C=O) groups is 1. The molecule has 0 aromatic heterocycles. The van der Waals surface area contributed by atoms with Crippen molar-refractivity contribution in [1.82, 2.24) is 0 Å². The Balaban J connectivity index is 3.59. The molecule has 0 fully saturated rings. The molecule has 0 aliphatic rings. The van der Waals surface area contributed by atoms with Crippen molar-refractivity contribution in [3.8, 4) is 0 Å². The fraction of sp³-hybridized carbons (Fsp3) is 0.125. The first kappa shape index (κ1) is 11.9. The van der Waals surface area contributed by atoms with Gasteiger partial charge in [-0.15, -0.1) is 3.89 Å². The van der Waals surface area contributed by atoms with E-state index in [0.717, 1.165) is 12.1 Å². The molecule has 0 atom stereocenters. The van der Waals surface area contributed by atoms with Crippen LogP contribution in [0.1, 0.15) is 15.9 Å². The molecule has 0 saturated heterocycles. The summed E-state index contributed by atoms with van der Waals surface area (Å²) in [6.07, 6.45) is 0. The molecule has 4 nitrogen and oxygen atoms in total. The zero-order valence-corrected chi connectivity index (χ0v) is 9.06. The van der Waals surface area contributed by atoms with E-state index in [1.54, 1.807) is 0 Å². The number of rotatable bonds is 2. The number of halogens is 2. The first-order valence-electron chi connectivity index (χ1n) is 3.71. The van der Waals surface area contributed by atoms with Crippen LogP contribution >= 0.6 is 11.6 Å². The van der Waals surface area contributed by atoms with Crippen LogP contribution in [-0.4, -0.2) is 19.5 Å². The lowest BCUT2D eigenvalue weighted by molar-refractivity contribution is 0.0696. The van der Waals surface area contributed by atoms with Gasteiger partial charge >= 0.3 is 16.2 Å². The number of carboxylic acids is 1. The predicted octanol–water partition coefficient (Wildman–Crippen LogP) is 2.00. The van der Waals surface area contributed by atoms with Crippen molar-refractivity contribution < 1.29 is 22.2 Å². The topological polar surface area (TPSA) is 71.4 Å². The van der Waals surface area contributed by atoms with E-state index in [9.17, 15) is 17.1 Å². The van der Waals surface area contributed by atoms with Crippen LogP contribution in [0, 0.1) is 6.92 Å². The van der Waals surface area contributed by atoms with Gasteiger partial charge in [0.25, 0.3) is 0 Å². The van der Waals surface area contributed by atoms with E-state index in [2.05, 4.69) is 0 Å². The van der Waals surface area contributed by atoms with Crippen LogP contribution in [0.15, 0.2) is 17.0 Å². The molecule has 0 heterocycles. The average molecular weight is 253 g/mol. The fourth-order valence-electron chi connectivity index (χ4n) is 1.03. The van der Waals surface area contributed by atoms with Crippen LogP contribution in [0.5, 0.6) is 0 Å². The molecular weight excluding hydrogens is 247 g/mol. The largest absolute Gasteiger partial charge is 0.478 e. The molecule has 1 aromatic rings. The van der Waals surface area contributed by atoms with Gasteiger partial charge < -0.3 is 5.11 Å². The number of hydrogen-bond acceptors (Lipinski definition) is 3. The number of carboxylic acid groups (broad SMARTS) is 1. The molecule has 0 spiro atoms. The first-order valence-corrected chi connectivity index (χ1v) is 5.47. The molecule has 0 unspecified atom stereocenters. The quantitative estimate of drug-likeness (QED) is 0.818. The maximum Gasteiger partial charge on any atom is 0.335 e. The standard InChI is InChI=1S/C8H6ClFO4S/c1-4-6(9)2-5(8(11)12)3-7(4)15(10,13)14/h2-3H,1H3,(H,11,12). The zero-order valence-electron chi connectivity index (χ0n) is 7.49. The van der Waals surface area contributed by atoms with E-state index < -0.39 is 21.1 Å². The summed E-state index contributed by atoms with van der Waals surface area (Å²) < 4.78 is 34.1. The van der Waals surface area contributed by atoms with E-state index >= 15 is 0 Å². The van der Waals surface area contributed by atoms with Crippen LogP contribution < -0.4 is 0 Å². The minimum absolute atomic E-state index is 0.0100. The normalized spacial score (nSPS) is 11.4. The van der Waals surface area contributed by atoms with Gasteiger partial charge in [0.05, 0.1) is 5.56 Å². The molecule has 0 saturated carbocycles. The predicted molar refractivity (Wildman–Crippen MR) is 51.4 cm³/mol. The minimum atomic E-state index is -4.96. The van der Waals surface area contributed by atoms with Crippen LogP contribution in [0.25, 0.3) is 0 Å². The lowest BCUT2D eigenvalue weighted by Crippen LogP contribution is -2.02.